The maximum absolute atomic E-state index is 6.14. The molecule has 1 aromatic carbocycles. The summed E-state index contributed by atoms with van der Waals surface area (Å²) in [5.41, 5.74) is 1.05. The molecule has 21 heavy (non-hydrogen) atoms. The Balaban J connectivity index is 1.54. The first kappa shape index (κ1) is 14.4. The predicted molar refractivity (Wildman–Crippen MR) is 85.1 cm³/mol. The lowest BCUT2D eigenvalue weighted by Gasteiger charge is -2.08. The average Bonchev–Trinajstić information content (AvgIpc) is 3.26. The van der Waals surface area contributed by atoms with Gasteiger partial charge in [-0.1, -0.05) is 29.3 Å². The first-order valence-corrected chi connectivity index (χ1v) is 7.60. The summed E-state index contributed by atoms with van der Waals surface area (Å²) in [5, 5.41) is 15.7. The maximum Gasteiger partial charge on any atom is 0.244 e. The second-order valence-electron chi connectivity index (χ2n) is 5.00. The zero-order valence-electron chi connectivity index (χ0n) is 11.3. The third-order valence-electron chi connectivity index (χ3n) is 3.18. The van der Waals surface area contributed by atoms with E-state index in [1.807, 2.05) is 12.1 Å². The molecular formula is C14H15Cl2N5. The summed E-state index contributed by atoms with van der Waals surface area (Å²) in [6, 6.07) is 6.04. The Bertz CT molecular complexity index is 631. The summed E-state index contributed by atoms with van der Waals surface area (Å²) < 4.78 is 0. The molecule has 1 aliphatic rings. The fraction of sp³-hybridized carbons (Fsp3) is 0.357. The Labute approximate surface area is 133 Å². The topological polar surface area (TPSA) is 62.7 Å². The van der Waals surface area contributed by atoms with Gasteiger partial charge in [0.1, 0.15) is 0 Å². The number of benzene rings is 1. The van der Waals surface area contributed by atoms with Crippen molar-refractivity contribution in [3.05, 3.63) is 40.0 Å². The lowest BCUT2D eigenvalue weighted by molar-refractivity contribution is 0.928. The van der Waals surface area contributed by atoms with Crippen LogP contribution in [-0.4, -0.2) is 27.8 Å². The summed E-state index contributed by atoms with van der Waals surface area (Å²) in [7, 11) is 0. The summed E-state index contributed by atoms with van der Waals surface area (Å²) in [5.74, 6) is 1.28. The molecule has 0 saturated heterocycles. The molecule has 0 radical (unpaired) electrons. The molecule has 2 N–H and O–H groups in total. The molecule has 0 bridgehead atoms. The average molecular weight is 324 g/mol. The summed E-state index contributed by atoms with van der Waals surface area (Å²) in [4.78, 5) is 4.37. The second kappa shape index (κ2) is 6.45. The Kier molecular flexibility index (Phi) is 4.41. The van der Waals surface area contributed by atoms with Crippen LogP contribution in [0.2, 0.25) is 10.0 Å². The van der Waals surface area contributed by atoms with Crippen molar-refractivity contribution in [2.24, 2.45) is 0 Å². The molecule has 1 aromatic heterocycles. The van der Waals surface area contributed by atoms with Crippen LogP contribution < -0.4 is 10.6 Å². The van der Waals surface area contributed by atoms with Crippen LogP contribution in [0, 0.1) is 0 Å². The maximum atomic E-state index is 6.14. The van der Waals surface area contributed by atoms with Crippen molar-refractivity contribution in [1.82, 2.24) is 15.2 Å². The number of nitrogens with one attached hydrogen (secondary N) is 2. The second-order valence-corrected chi connectivity index (χ2v) is 5.84. The normalized spacial score (nSPS) is 14.0. The number of halogens is 2. The van der Waals surface area contributed by atoms with Gasteiger partial charge in [0.2, 0.25) is 5.95 Å². The van der Waals surface area contributed by atoms with Crippen LogP contribution in [0.15, 0.2) is 24.4 Å². The zero-order chi connectivity index (χ0) is 14.7. The molecule has 1 aliphatic carbocycles. The molecule has 110 valence electrons. The molecule has 3 rings (SSSR count). The molecule has 7 heteroatoms. The first-order valence-electron chi connectivity index (χ1n) is 6.85. The summed E-state index contributed by atoms with van der Waals surface area (Å²) in [6.07, 6.45) is 4.75. The van der Waals surface area contributed by atoms with Gasteiger partial charge in [-0.15, -0.1) is 5.10 Å². The highest BCUT2D eigenvalue weighted by Gasteiger charge is 2.22. The molecule has 0 amide bonds. The van der Waals surface area contributed by atoms with Crippen molar-refractivity contribution >= 4 is 35.0 Å². The lowest BCUT2D eigenvalue weighted by Crippen LogP contribution is -2.11. The molecular weight excluding hydrogens is 309 g/mol. The quantitative estimate of drug-likeness (QED) is 0.853. The molecule has 1 saturated carbocycles. The van der Waals surface area contributed by atoms with E-state index < -0.39 is 0 Å². The third kappa shape index (κ3) is 4.19. The number of aromatic nitrogens is 3. The molecule has 0 unspecified atom stereocenters. The van der Waals surface area contributed by atoms with Crippen LogP contribution in [0.3, 0.4) is 0 Å². The van der Waals surface area contributed by atoms with Crippen molar-refractivity contribution in [3.8, 4) is 0 Å². The predicted octanol–water partition coefficient (Wildman–Crippen LogP) is 3.41. The van der Waals surface area contributed by atoms with E-state index in [1.165, 1.54) is 12.8 Å². The van der Waals surface area contributed by atoms with Crippen LogP contribution in [0.5, 0.6) is 0 Å². The van der Waals surface area contributed by atoms with E-state index in [2.05, 4.69) is 25.8 Å². The molecule has 0 spiro atoms. The first-order chi connectivity index (χ1) is 10.2. The van der Waals surface area contributed by atoms with E-state index in [-0.39, 0.29) is 0 Å². The minimum Gasteiger partial charge on any atom is -0.368 e. The molecule has 1 fully saturated rings. The van der Waals surface area contributed by atoms with Crippen LogP contribution in [-0.2, 0) is 6.42 Å². The van der Waals surface area contributed by atoms with Gasteiger partial charge in [-0.2, -0.15) is 10.1 Å². The van der Waals surface area contributed by atoms with Crippen molar-refractivity contribution in [2.45, 2.75) is 25.3 Å². The summed E-state index contributed by atoms with van der Waals surface area (Å²) >= 11 is 12.0. The van der Waals surface area contributed by atoms with Crippen LogP contribution in [0.1, 0.15) is 18.4 Å². The zero-order valence-corrected chi connectivity index (χ0v) is 12.8. The van der Waals surface area contributed by atoms with E-state index in [1.54, 1.807) is 12.3 Å². The van der Waals surface area contributed by atoms with Gasteiger partial charge in [0.05, 0.1) is 6.20 Å². The number of anilines is 2. The van der Waals surface area contributed by atoms with Crippen LogP contribution in [0.4, 0.5) is 11.8 Å². The molecule has 2 aromatic rings. The highest BCUT2D eigenvalue weighted by molar-refractivity contribution is 6.35. The standard InChI is InChI=1S/C14H15Cl2N5/c15-10-2-1-9(12(16)7-10)5-6-17-13-8-18-21-14(20-13)19-11-3-4-11/h1-2,7-8,11H,3-6H2,(H2,17,19,20,21). The van der Waals surface area contributed by atoms with E-state index in [4.69, 9.17) is 23.2 Å². The van der Waals surface area contributed by atoms with Crippen molar-refractivity contribution in [3.63, 3.8) is 0 Å². The number of rotatable bonds is 6. The van der Waals surface area contributed by atoms with Gasteiger partial charge >= 0.3 is 0 Å². The van der Waals surface area contributed by atoms with E-state index in [0.29, 0.717) is 34.4 Å². The minimum atomic E-state index is 0.509. The number of hydrogen-bond acceptors (Lipinski definition) is 5. The van der Waals surface area contributed by atoms with Crippen molar-refractivity contribution < 1.29 is 0 Å². The molecule has 5 nitrogen and oxygen atoms in total. The van der Waals surface area contributed by atoms with Crippen molar-refractivity contribution in [2.75, 3.05) is 17.2 Å². The van der Waals surface area contributed by atoms with Crippen LogP contribution >= 0.6 is 23.2 Å². The fourth-order valence-electron chi connectivity index (χ4n) is 1.91. The Morgan fingerprint density at radius 3 is 2.86 bits per heavy atom. The Hall–Kier alpha value is -1.59. The van der Waals surface area contributed by atoms with Crippen molar-refractivity contribution in [1.29, 1.82) is 0 Å². The summed E-state index contributed by atoms with van der Waals surface area (Å²) in [6.45, 7) is 0.711. The highest BCUT2D eigenvalue weighted by Crippen LogP contribution is 2.23. The fourth-order valence-corrected chi connectivity index (χ4v) is 2.41. The SMILES string of the molecule is Clc1ccc(CCNc2cnnc(NC3CC3)n2)c(Cl)c1. The Morgan fingerprint density at radius 2 is 2.10 bits per heavy atom. The lowest BCUT2D eigenvalue weighted by atomic mass is 10.1. The van der Waals surface area contributed by atoms with Gasteiger partial charge in [-0.25, -0.2) is 0 Å². The monoisotopic (exact) mass is 323 g/mol. The number of nitrogens with zero attached hydrogens (tertiary/aromatic N) is 3. The van der Waals surface area contributed by atoms with Crippen LogP contribution in [0.25, 0.3) is 0 Å². The smallest absolute Gasteiger partial charge is 0.244 e. The minimum absolute atomic E-state index is 0.509. The molecule has 1 heterocycles. The highest BCUT2D eigenvalue weighted by atomic mass is 35.5. The van der Waals surface area contributed by atoms with Gasteiger partial charge in [0.15, 0.2) is 5.82 Å². The van der Waals surface area contributed by atoms with Gasteiger partial charge in [-0.05, 0) is 37.0 Å². The van der Waals surface area contributed by atoms with E-state index in [0.717, 1.165) is 12.0 Å². The molecule has 0 atom stereocenters. The largest absolute Gasteiger partial charge is 0.368 e. The van der Waals surface area contributed by atoms with Gasteiger partial charge < -0.3 is 10.6 Å². The third-order valence-corrected chi connectivity index (χ3v) is 3.77. The number of hydrogen-bond donors (Lipinski definition) is 2. The molecule has 0 aliphatic heterocycles. The van der Waals surface area contributed by atoms with E-state index >= 15 is 0 Å². The Morgan fingerprint density at radius 1 is 1.24 bits per heavy atom. The van der Waals surface area contributed by atoms with E-state index in [9.17, 15) is 0 Å². The van der Waals surface area contributed by atoms with Gasteiger partial charge in [0, 0.05) is 22.6 Å². The van der Waals surface area contributed by atoms with Gasteiger partial charge in [0.25, 0.3) is 0 Å². The van der Waals surface area contributed by atoms with Gasteiger partial charge in [-0.3, -0.25) is 0 Å².